The van der Waals surface area contributed by atoms with E-state index in [1.165, 1.54) is 0 Å². The van der Waals surface area contributed by atoms with Crippen molar-refractivity contribution in [2.24, 2.45) is 0 Å². The predicted molar refractivity (Wildman–Crippen MR) is 13.3 cm³/mol. The number of hydrogen-bond donors (Lipinski definition) is 0. The Kier molecular flexibility index (Phi) is 4.70. The van der Waals surface area contributed by atoms with Crippen molar-refractivity contribution in [3.63, 3.8) is 0 Å². The average Bonchev–Trinajstić information content (AvgIpc) is 1.62. The Morgan fingerprint density at radius 3 is 1.67 bits per heavy atom. The van der Waals surface area contributed by atoms with Crippen LogP contribution in [0, 0.1) is 0 Å². The van der Waals surface area contributed by atoms with Gasteiger partial charge in [0.25, 0.3) is 0 Å². The summed E-state index contributed by atoms with van der Waals surface area (Å²) >= 11 is 0. The van der Waals surface area contributed by atoms with Gasteiger partial charge in [0.2, 0.25) is 0 Å². The fourth-order valence-electron chi connectivity index (χ4n) is 0.0437. The maximum absolute atomic E-state index is 10.7. The normalized spacial score (nSPS) is 9.78. The topological polar surface area (TPSA) is 26.3 Å². The summed E-state index contributed by atoms with van der Waals surface area (Å²) in [6, 6.07) is 0. The molecular formula is C2CuF4O2. The minimum Gasteiger partial charge on any atom is -0.244 e. The van der Waals surface area contributed by atoms with Crippen molar-refractivity contribution in [1.82, 2.24) is 0 Å². The molecule has 1 radical (unpaired) electrons. The molecule has 0 aromatic heterocycles. The molecule has 0 amide bonds. The number of carbonyl (C=O) groups excluding carboxylic acids is 1. The summed E-state index contributed by atoms with van der Waals surface area (Å²) in [5.41, 5.74) is 0. The molecular weight excluding hydrogens is 196 g/mol. The van der Waals surface area contributed by atoms with E-state index >= 15 is 0 Å². The molecule has 0 aliphatic heterocycles. The number of halogens is 4. The fraction of sp³-hybridized carbons (Fsp3) is 0.500. The van der Waals surface area contributed by atoms with E-state index in [-0.39, 0.29) is 17.1 Å². The smallest absolute Gasteiger partial charge is 0.244 e. The molecule has 0 aliphatic rings. The minimum atomic E-state index is -5.23. The standard InChI is InChI=1S/C2F4O2.Cu/c3-2(4,5)1(7)8-6;. The molecule has 0 unspecified atom stereocenters. The molecule has 0 spiro atoms. The molecule has 0 heterocycles. The summed E-state index contributed by atoms with van der Waals surface area (Å²) in [7, 11) is 0. The van der Waals surface area contributed by atoms with Crippen LogP contribution in [0.15, 0.2) is 0 Å². The van der Waals surface area contributed by atoms with E-state index in [9.17, 15) is 17.7 Å². The molecule has 0 fully saturated rings. The first kappa shape index (κ1) is 11.5. The van der Waals surface area contributed by atoms with E-state index in [0.29, 0.717) is 0 Å². The molecule has 0 bridgehead atoms. The number of hydrogen-bond acceptors (Lipinski definition) is 2. The fourth-order valence-corrected chi connectivity index (χ4v) is 0.0437. The first-order valence-corrected chi connectivity index (χ1v) is 1.38. The second-order valence-electron chi connectivity index (χ2n) is 0.862. The van der Waals surface area contributed by atoms with Gasteiger partial charge >= 0.3 is 12.1 Å². The van der Waals surface area contributed by atoms with Crippen LogP contribution in [0.3, 0.4) is 0 Å². The van der Waals surface area contributed by atoms with Crippen LogP contribution in [0.25, 0.3) is 0 Å². The van der Waals surface area contributed by atoms with Crippen LogP contribution in [-0.4, -0.2) is 12.1 Å². The van der Waals surface area contributed by atoms with Crippen LogP contribution in [0.5, 0.6) is 0 Å². The summed E-state index contributed by atoms with van der Waals surface area (Å²) in [6.45, 7) is 0. The van der Waals surface area contributed by atoms with Gasteiger partial charge in [0.05, 0.1) is 0 Å². The molecule has 0 aromatic rings. The van der Waals surface area contributed by atoms with Crippen molar-refractivity contribution >= 4 is 5.97 Å². The molecule has 0 aromatic carbocycles. The van der Waals surface area contributed by atoms with Gasteiger partial charge in [0.15, 0.2) is 0 Å². The zero-order valence-electron chi connectivity index (χ0n) is 3.63. The van der Waals surface area contributed by atoms with Crippen LogP contribution in [0.1, 0.15) is 0 Å². The third kappa shape index (κ3) is 4.23. The summed E-state index contributed by atoms with van der Waals surface area (Å²) < 4.78 is 42.5. The molecule has 0 N–H and O–H groups in total. The Morgan fingerprint density at radius 1 is 1.33 bits per heavy atom. The predicted octanol–water partition coefficient (Wildman–Crippen LogP) is 0.974. The van der Waals surface area contributed by atoms with Crippen molar-refractivity contribution in [3.05, 3.63) is 0 Å². The largest absolute Gasteiger partial charge is 0.494 e. The SMILES string of the molecule is O=C(OF)C(F)(F)F.[Cu]. The maximum atomic E-state index is 10.7. The van der Waals surface area contributed by atoms with Crippen molar-refractivity contribution < 1.29 is 44.5 Å². The van der Waals surface area contributed by atoms with Crippen molar-refractivity contribution in [2.45, 2.75) is 6.18 Å². The van der Waals surface area contributed by atoms with Gasteiger partial charge in [-0.25, -0.2) is 9.74 Å². The average molecular weight is 196 g/mol. The Bertz CT molecular complexity index is 99.2. The van der Waals surface area contributed by atoms with Gasteiger partial charge in [-0.1, -0.05) is 0 Å². The number of rotatable bonds is 0. The van der Waals surface area contributed by atoms with E-state index in [2.05, 4.69) is 0 Å². The third-order valence-corrected chi connectivity index (χ3v) is 0.302. The van der Waals surface area contributed by atoms with Gasteiger partial charge < -0.3 is 0 Å². The van der Waals surface area contributed by atoms with Crippen LogP contribution in [0.2, 0.25) is 0 Å². The minimum absolute atomic E-state index is 0. The van der Waals surface area contributed by atoms with Crippen LogP contribution < -0.4 is 0 Å². The molecule has 7 heteroatoms. The monoisotopic (exact) mass is 195 g/mol. The second-order valence-corrected chi connectivity index (χ2v) is 0.862. The molecule has 0 rings (SSSR count). The molecule has 2 nitrogen and oxygen atoms in total. The van der Waals surface area contributed by atoms with Crippen molar-refractivity contribution in [1.29, 1.82) is 0 Å². The van der Waals surface area contributed by atoms with E-state index < -0.39 is 12.1 Å². The Balaban J connectivity index is 0. The van der Waals surface area contributed by atoms with E-state index in [1.807, 2.05) is 4.94 Å². The van der Waals surface area contributed by atoms with Crippen molar-refractivity contribution in [3.8, 4) is 0 Å². The number of alkyl halides is 3. The zero-order chi connectivity index (χ0) is 6.78. The van der Waals surface area contributed by atoms with Gasteiger partial charge in [-0.05, 0) is 0 Å². The molecule has 0 aliphatic carbocycles. The molecule has 0 saturated heterocycles. The second kappa shape index (κ2) is 3.68. The van der Waals surface area contributed by atoms with Gasteiger partial charge in [0.1, 0.15) is 0 Å². The molecule has 0 atom stereocenters. The summed E-state index contributed by atoms with van der Waals surface area (Å²) in [4.78, 5) is 11.0. The Hall–Kier alpha value is -0.291. The summed E-state index contributed by atoms with van der Waals surface area (Å²) in [5.74, 6) is -2.84. The van der Waals surface area contributed by atoms with Crippen LogP contribution >= 0.6 is 0 Å². The Morgan fingerprint density at radius 2 is 1.67 bits per heavy atom. The summed E-state index contributed by atoms with van der Waals surface area (Å²) in [6.07, 6.45) is -5.23. The molecule has 9 heavy (non-hydrogen) atoms. The van der Waals surface area contributed by atoms with Crippen molar-refractivity contribution in [2.75, 3.05) is 0 Å². The first-order chi connectivity index (χ1) is 3.48. The molecule has 59 valence electrons. The maximum Gasteiger partial charge on any atom is 0.494 e. The number of carbonyl (C=O) groups is 1. The first-order valence-electron chi connectivity index (χ1n) is 1.38. The van der Waals surface area contributed by atoms with Crippen LogP contribution in [-0.2, 0) is 26.8 Å². The van der Waals surface area contributed by atoms with E-state index in [1.54, 1.807) is 0 Å². The quantitative estimate of drug-likeness (QED) is 0.425. The van der Waals surface area contributed by atoms with E-state index in [0.717, 1.165) is 0 Å². The van der Waals surface area contributed by atoms with Gasteiger partial charge in [0, 0.05) is 21.6 Å². The Labute approximate surface area is 57.5 Å². The third-order valence-electron chi connectivity index (χ3n) is 0.302. The van der Waals surface area contributed by atoms with Gasteiger partial charge in [-0.3, -0.25) is 0 Å². The van der Waals surface area contributed by atoms with Gasteiger partial charge in [-0.15, -0.1) is 0 Å². The summed E-state index contributed by atoms with van der Waals surface area (Å²) in [5, 5.41) is 0. The van der Waals surface area contributed by atoms with E-state index in [4.69, 9.17) is 4.79 Å². The zero-order valence-corrected chi connectivity index (χ0v) is 4.57. The van der Waals surface area contributed by atoms with Crippen LogP contribution in [0.4, 0.5) is 17.7 Å². The van der Waals surface area contributed by atoms with Gasteiger partial charge in [-0.2, -0.15) is 13.2 Å². The molecule has 0 saturated carbocycles.